The average Bonchev–Trinajstić information content (AvgIpc) is 2.39. The van der Waals surface area contributed by atoms with Gasteiger partial charge in [0.2, 0.25) is 0 Å². The van der Waals surface area contributed by atoms with E-state index in [1.807, 2.05) is 24.3 Å². The molecule has 102 valence electrons. The number of benzene rings is 1. The van der Waals surface area contributed by atoms with Crippen LogP contribution in [0.3, 0.4) is 0 Å². The summed E-state index contributed by atoms with van der Waals surface area (Å²) in [6, 6.07) is 7.96. The molecule has 4 nitrogen and oxygen atoms in total. The van der Waals surface area contributed by atoms with Crippen LogP contribution < -0.4 is 15.4 Å². The average molecular weight is 363 g/mol. The number of guanidine groups is 1. The summed E-state index contributed by atoms with van der Waals surface area (Å²) in [5, 5.41) is 6.48. The van der Waals surface area contributed by atoms with E-state index in [1.165, 1.54) is 0 Å². The van der Waals surface area contributed by atoms with Crippen molar-refractivity contribution in [3.8, 4) is 5.75 Å². The fourth-order valence-corrected chi connectivity index (χ4v) is 1.49. The lowest BCUT2D eigenvalue weighted by Gasteiger charge is -2.13. The van der Waals surface area contributed by atoms with Crippen molar-refractivity contribution in [3.63, 3.8) is 0 Å². The van der Waals surface area contributed by atoms with Crippen molar-refractivity contribution in [1.82, 2.24) is 10.6 Å². The Morgan fingerprint density at radius 1 is 1.28 bits per heavy atom. The molecule has 0 unspecified atom stereocenters. The van der Waals surface area contributed by atoms with Gasteiger partial charge in [-0.3, -0.25) is 4.99 Å². The fourth-order valence-electron chi connectivity index (χ4n) is 1.49. The van der Waals surface area contributed by atoms with Crippen LogP contribution in [0, 0.1) is 0 Å². The van der Waals surface area contributed by atoms with Gasteiger partial charge in [-0.1, -0.05) is 25.1 Å². The molecule has 0 saturated carbocycles. The summed E-state index contributed by atoms with van der Waals surface area (Å²) in [6.07, 6.45) is 1.08. The summed E-state index contributed by atoms with van der Waals surface area (Å²) in [5.74, 6) is 1.71. The highest BCUT2D eigenvalue weighted by Gasteiger charge is 2.02. The molecule has 18 heavy (non-hydrogen) atoms. The van der Waals surface area contributed by atoms with E-state index in [1.54, 1.807) is 14.2 Å². The molecular weight excluding hydrogens is 341 g/mol. The lowest BCUT2D eigenvalue weighted by molar-refractivity contribution is 0.409. The molecule has 0 radical (unpaired) electrons. The predicted molar refractivity (Wildman–Crippen MR) is 86.9 cm³/mol. The topological polar surface area (TPSA) is 45.7 Å². The summed E-state index contributed by atoms with van der Waals surface area (Å²) in [4.78, 5) is 4.15. The minimum Gasteiger partial charge on any atom is -0.496 e. The second kappa shape index (κ2) is 9.99. The molecule has 0 saturated heterocycles. The van der Waals surface area contributed by atoms with E-state index in [0.29, 0.717) is 6.54 Å². The maximum absolute atomic E-state index is 5.29. The largest absolute Gasteiger partial charge is 0.496 e. The van der Waals surface area contributed by atoms with Gasteiger partial charge in [0.15, 0.2) is 5.96 Å². The Kier molecular flexibility index (Phi) is 9.45. The maximum atomic E-state index is 5.29. The van der Waals surface area contributed by atoms with Gasteiger partial charge in [-0.05, 0) is 12.5 Å². The number of nitrogens with one attached hydrogen (secondary N) is 2. The number of hydrogen-bond donors (Lipinski definition) is 2. The van der Waals surface area contributed by atoms with Crippen LogP contribution in [-0.4, -0.2) is 26.7 Å². The van der Waals surface area contributed by atoms with Crippen LogP contribution in [0.5, 0.6) is 5.75 Å². The first kappa shape index (κ1) is 17.0. The van der Waals surface area contributed by atoms with Crippen LogP contribution in [0.25, 0.3) is 0 Å². The molecule has 1 aromatic rings. The van der Waals surface area contributed by atoms with Gasteiger partial charge in [0.25, 0.3) is 0 Å². The van der Waals surface area contributed by atoms with E-state index >= 15 is 0 Å². The van der Waals surface area contributed by atoms with Gasteiger partial charge in [0.1, 0.15) is 5.75 Å². The zero-order chi connectivity index (χ0) is 12.5. The molecule has 0 spiro atoms. The molecule has 1 aromatic carbocycles. The Morgan fingerprint density at radius 2 is 2.00 bits per heavy atom. The van der Waals surface area contributed by atoms with Crippen molar-refractivity contribution in [3.05, 3.63) is 29.8 Å². The summed E-state index contributed by atoms with van der Waals surface area (Å²) >= 11 is 0. The third-order valence-electron chi connectivity index (χ3n) is 2.40. The van der Waals surface area contributed by atoms with Gasteiger partial charge in [0, 0.05) is 25.7 Å². The van der Waals surface area contributed by atoms with Gasteiger partial charge in [0.05, 0.1) is 7.11 Å². The Hall–Kier alpha value is -0.980. The van der Waals surface area contributed by atoms with Crippen LogP contribution in [0.2, 0.25) is 0 Å². The van der Waals surface area contributed by atoms with Crippen LogP contribution in [0.15, 0.2) is 29.3 Å². The van der Waals surface area contributed by atoms with Gasteiger partial charge in [-0.2, -0.15) is 0 Å². The van der Waals surface area contributed by atoms with Gasteiger partial charge < -0.3 is 15.4 Å². The van der Waals surface area contributed by atoms with E-state index in [4.69, 9.17) is 4.74 Å². The summed E-state index contributed by atoms with van der Waals surface area (Å²) in [7, 11) is 3.45. The van der Waals surface area contributed by atoms with E-state index in [-0.39, 0.29) is 24.0 Å². The first-order chi connectivity index (χ1) is 8.31. The van der Waals surface area contributed by atoms with E-state index in [9.17, 15) is 0 Å². The van der Waals surface area contributed by atoms with Gasteiger partial charge in [-0.15, -0.1) is 24.0 Å². The quantitative estimate of drug-likeness (QED) is 0.480. The third kappa shape index (κ3) is 5.57. The summed E-state index contributed by atoms with van der Waals surface area (Å²) < 4.78 is 5.29. The first-order valence-corrected chi connectivity index (χ1v) is 5.88. The smallest absolute Gasteiger partial charge is 0.191 e. The number of nitrogens with zero attached hydrogens (tertiary/aromatic N) is 1. The minimum atomic E-state index is 0. The lowest BCUT2D eigenvalue weighted by atomic mass is 10.2. The van der Waals surface area contributed by atoms with Gasteiger partial charge >= 0.3 is 0 Å². The van der Waals surface area contributed by atoms with Crippen LogP contribution in [-0.2, 0) is 6.54 Å². The van der Waals surface area contributed by atoms with E-state index in [2.05, 4.69) is 22.5 Å². The SMILES string of the molecule is CCCNC(=NC)NCc1ccccc1OC.I. The molecule has 0 aliphatic heterocycles. The van der Waals surface area contributed by atoms with Crippen molar-refractivity contribution in [2.24, 2.45) is 4.99 Å². The fraction of sp³-hybridized carbons (Fsp3) is 0.462. The van der Waals surface area contributed by atoms with Crippen LogP contribution in [0.4, 0.5) is 0 Å². The lowest BCUT2D eigenvalue weighted by Crippen LogP contribution is -2.37. The standard InChI is InChI=1S/C13H21N3O.HI/c1-4-9-15-13(14-2)16-10-11-7-5-6-8-12(11)17-3;/h5-8H,4,9-10H2,1-3H3,(H2,14,15,16);1H. The number of aliphatic imine (C=N–C) groups is 1. The van der Waals surface area contributed by atoms with Crippen LogP contribution in [0.1, 0.15) is 18.9 Å². The molecule has 0 aliphatic carbocycles. The molecule has 1 rings (SSSR count). The predicted octanol–water partition coefficient (Wildman–Crippen LogP) is 2.39. The Morgan fingerprint density at radius 3 is 2.61 bits per heavy atom. The van der Waals surface area contributed by atoms with Crippen molar-refractivity contribution < 1.29 is 4.74 Å². The number of hydrogen-bond acceptors (Lipinski definition) is 2. The van der Waals surface area contributed by atoms with Gasteiger partial charge in [-0.25, -0.2) is 0 Å². The second-order valence-corrected chi connectivity index (χ2v) is 3.66. The zero-order valence-corrected chi connectivity index (χ0v) is 13.5. The molecule has 0 heterocycles. The molecule has 0 fully saturated rings. The molecule has 5 heteroatoms. The number of ether oxygens (including phenoxy) is 1. The molecule has 0 atom stereocenters. The normalized spacial score (nSPS) is 10.5. The maximum Gasteiger partial charge on any atom is 0.191 e. The highest BCUT2D eigenvalue weighted by Crippen LogP contribution is 2.16. The summed E-state index contributed by atoms with van der Waals surface area (Å²) in [5.41, 5.74) is 1.12. The van der Waals surface area contributed by atoms with Crippen molar-refractivity contribution in [2.75, 3.05) is 20.7 Å². The molecule has 0 aromatic heterocycles. The third-order valence-corrected chi connectivity index (χ3v) is 2.40. The summed E-state index contributed by atoms with van der Waals surface area (Å²) in [6.45, 7) is 3.75. The second-order valence-electron chi connectivity index (χ2n) is 3.66. The molecule has 0 amide bonds. The van der Waals surface area contributed by atoms with E-state index < -0.39 is 0 Å². The Balaban J connectivity index is 0.00000289. The van der Waals surface area contributed by atoms with Crippen molar-refractivity contribution in [1.29, 1.82) is 0 Å². The highest BCUT2D eigenvalue weighted by molar-refractivity contribution is 14.0. The molecule has 2 N–H and O–H groups in total. The van der Waals surface area contributed by atoms with Crippen molar-refractivity contribution in [2.45, 2.75) is 19.9 Å². The number of methoxy groups -OCH3 is 1. The number of halogens is 1. The van der Waals surface area contributed by atoms with Crippen molar-refractivity contribution >= 4 is 29.9 Å². The zero-order valence-electron chi connectivity index (χ0n) is 11.2. The molecule has 0 bridgehead atoms. The Bertz CT molecular complexity index is 369. The number of rotatable bonds is 5. The number of para-hydroxylation sites is 1. The monoisotopic (exact) mass is 363 g/mol. The Labute approximate surface area is 126 Å². The van der Waals surface area contributed by atoms with Crippen LogP contribution >= 0.6 is 24.0 Å². The minimum absolute atomic E-state index is 0. The first-order valence-electron chi connectivity index (χ1n) is 5.88. The molecular formula is C13H22IN3O. The van der Waals surface area contributed by atoms with E-state index in [0.717, 1.165) is 30.2 Å². The highest BCUT2D eigenvalue weighted by atomic mass is 127. The molecule has 0 aliphatic rings.